The fraction of sp³-hybridized carbons (Fsp3) is 0.250. The Balaban J connectivity index is 1.89. The van der Waals surface area contributed by atoms with Crippen molar-refractivity contribution in [3.63, 3.8) is 0 Å². The van der Waals surface area contributed by atoms with E-state index < -0.39 is 0 Å². The zero-order valence-electron chi connectivity index (χ0n) is 12.2. The van der Waals surface area contributed by atoms with Crippen LogP contribution in [0.15, 0.2) is 53.5 Å². The Morgan fingerprint density at radius 1 is 1.14 bits per heavy atom. The lowest BCUT2D eigenvalue weighted by molar-refractivity contribution is -0.121. The molecule has 0 bridgehead atoms. The van der Waals surface area contributed by atoms with Crippen LogP contribution in [0.25, 0.3) is 0 Å². The molecule has 0 spiro atoms. The third kappa shape index (κ3) is 4.21. The average molecular weight is 285 g/mol. The number of aromatic nitrogens is 1. The van der Waals surface area contributed by atoms with Crippen molar-refractivity contribution in [2.45, 2.75) is 13.1 Å². The fourth-order valence-corrected chi connectivity index (χ4v) is 1.91. The third-order valence-electron chi connectivity index (χ3n) is 3.16. The number of rotatable bonds is 5. The summed E-state index contributed by atoms with van der Waals surface area (Å²) in [6.45, 7) is 0.490. The van der Waals surface area contributed by atoms with Crippen LogP contribution < -0.4 is 15.8 Å². The Labute approximate surface area is 123 Å². The first kappa shape index (κ1) is 14.8. The molecule has 0 fully saturated rings. The molecule has 2 aromatic rings. The van der Waals surface area contributed by atoms with Gasteiger partial charge in [-0.15, -0.1) is 0 Å². The van der Waals surface area contributed by atoms with Gasteiger partial charge in [-0.3, -0.25) is 9.59 Å². The van der Waals surface area contributed by atoms with Gasteiger partial charge in [-0.05, 0) is 23.8 Å². The molecule has 0 saturated carbocycles. The highest BCUT2D eigenvalue weighted by Crippen LogP contribution is 2.11. The van der Waals surface area contributed by atoms with Crippen LogP contribution in [0.5, 0.6) is 0 Å². The van der Waals surface area contributed by atoms with Crippen LogP contribution in [-0.4, -0.2) is 24.6 Å². The van der Waals surface area contributed by atoms with Gasteiger partial charge < -0.3 is 14.8 Å². The number of carbonyl (C=O) groups is 1. The van der Waals surface area contributed by atoms with Crippen molar-refractivity contribution in [2.24, 2.45) is 0 Å². The van der Waals surface area contributed by atoms with E-state index in [9.17, 15) is 9.59 Å². The standard InChI is InChI=1S/C16H19N3O2/c1-18(2)14-8-6-13(7-9-14)11-17-15(20)12-19-10-4-3-5-16(19)21/h3-10H,11-12H2,1-2H3,(H,17,20). The SMILES string of the molecule is CN(C)c1ccc(CNC(=O)Cn2ccccc2=O)cc1. The van der Waals surface area contributed by atoms with Gasteiger partial charge in [0.2, 0.25) is 5.91 Å². The molecule has 1 amide bonds. The lowest BCUT2D eigenvalue weighted by Crippen LogP contribution is -2.31. The molecule has 1 aromatic carbocycles. The van der Waals surface area contributed by atoms with Crippen LogP contribution in [0.4, 0.5) is 5.69 Å². The number of hydrogen-bond acceptors (Lipinski definition) is 3. The minimum absolute atomic E-state index is 0.0372. The van der Waals surface area contributed by atoms with Gasteiger partial charge in [-0.1, -0.05) is 18.2 Å². The van der Waals surface area contributed by atoms with E-state index in [2.05, 4.69) is 5.32 Å². The van der Waals surface area contributed by atoms with Crippen molar-refractivity contribution in [2.75, 3.05) is 19.0 Å². The second-order valence-corrected chi connectivity index (χ2v) is 5.00. The molecule has 1 N–H and O–H groups in total. The number of nitrogens with zero attached hydrogens (tertiary/aromatic N) is 2. The quantitative estimate of drug-likeness (QED) is 0.899. The highest BCUT2D eigenvalue weighted by molar-refractivity contribution is 5.75. The van der Waals surface area contributed by atoms with E-state index in [0.29, 0.717) is 6.54 Å². The van der Waals surface area contributed by atoms with Gasteiger partial charge in [-0.2, -0.15) is 0 Å². The zero-order valence-corrected chi connectivity index (χ0v) is 12.2. The first-order valence-electron chi connectivity index (χ1n) is 6.75. The molecule has 110 valence electrons. The number of carbonyl (C=O) groups excluding carboxylic acids is 1. The van der Waals surface area contributed by atoms with Gasteiger partial charge in [0.05, 0.1) is 0 Å². The summed E-state index contributed by atoms with van der Waals surface area (Å²) < 4.78 is 1.38. The third-order valence-corrected chi connectivity index (χ3v) is 3.16. The summed E-state index contributed by atoms with van der Waals surface area (Å²) in [5.41, 5.74) is 1.96. The molecule has 1 aromatic heterocycles. The van der Waals surface area contributed by atoms with Crippen molar-refractivity contribution in [1.29, 1.82) is 0 Å². The molecule has 5 nitrogen and oxygen atoms in total. The van der Waals surface area contributed by atoms with Crippen molar-refractivity contribution in [3.8, 4) is 0 Å². The van der Waals surface area contributed by atoms with Gasteiger partial charge in [0.15, 0.2) is 0 Å². The van der Waals surface area contributed by atoms with E-state index in [-0.39, 0.29) is 18.0 Å². The maximum Gasteiger partial charge on any atom is 0.250 e. The predicted molar refractivity (Wildman–Crippen MR) is 83.3 cm³/mol. The molecular formula is C16H19N3O2. The van der Waals surface area contributed by atoms with Crippen LogP contribution in [0.1, 0.15) is 5.56 Å². The highest BCUT2D eigenvalue weighted by Gasteiger charge is 2.04. The van der Waals surface area contributed by atoms with Gasteiger partial charge in [0, 0.05) is 38.6 Å². The van der Waals surface area contributed by atoms with E-state index in [4.69, 9.17) is 0 Å². The van der Waals surface area contributed by atoms with Crippen molar-refractivity contribution in [1.82, 2.24) is 9.88 Å². The van der Waals surface area contributed by atoms with Crippen LogP contribution in [0, 0.1) is 0 Å². The molecule has 2 rings (SSSR count). The first-order valence-corrected chi connectivity index (χ1v) is 6.75. The first-order chi connectivity index (χ1) is 10.1. The Hall–Kier alpha value is -2.56. The Bertz CT molecular complexity index is 660. The van der Waals surface area contributed by atoms with Crippen LogP contribution in [-0.2, 0) is 17.9 Å². The van der Waals surface area contributed by atoms with Gasteiger partial charge in [0.25, 0.3) is 5.56 Å². The number of pyridine rings is 1. The molecule has 0 aliphatic rings. The maximum absolute atomic E-state index is 11.8. The summed E-state index contributed by atoms with van der Waals surface area (Å²) in [6.07, 6.45) is 1.60. The maximum atomic E-state index is 11.8. The molecule has 0 atom stereocenters. The Morgan fingerprint density at radius 2 is 1.86 bits per heavy atom. The van der Waals surface area contributed by atoms with E-state index in [0.717, 1.165) is 11.3 Å². The second-order valence-electron chi connectivity index (χ2n) is 5.00. The molecule has 5 heteroatoms. The number of hydrogen-bond donors (Lipinski definition) is 1. The summed E-state index contributed by atoms with van der Waals surface area (Å²) in [6, 6.07) is 12.8. The topological polar surface area (TPSA) is 54.3 Å². The Kier molecular flexibility index (Phi) is 4.77. The van der Waals surface area contributed by atoms with Crippen LogP contribution >= 0.6 is 0 Å². The van der Waals surface area contributed by atoms with Crippen LogP contribution in [0.2, 0.25) is 0 Å². The molecule has 21 heavy (non-hydrogen) atoms. The van der Waals surface area contributed by atoms with E-state index in [1.807, 2.05) is 43.3 Å². The second kappa shape index (κ2) is 6.74. The molecule has 1 heterocycles. The van der Waals surface area contributed by atoms with Crippen molar-refractivity contribution in [3.05, 3.63) is 64.6 Å². The predicted octanol–water partition coefficient (Wildman–Crippen LogP) is 1.23. The number of amides is 1. The monoisotopic (exact) mass is 285 g/mol. The summed E-state index contributed by atoms with van der Waals surface area (Å²) in [7, 11) is 3.96. The molecule has 0 saturated heterocycles. The van der Waals surface area contributed by atoms with E-state index in [1.54, 1.807) is 18.3 Å². The summed E-state index contributed by atoms with van der Waals surface area (Å²) >= 11 is 0. The Morgan fingerprint density at radius 3 is 2.48 bits per heavy atom. The lowest BCUT2D eigenvalue weighted by atomic mass is 10.2. The normalized spacial score (nSPS) is 10.2. The number of benzene rings is 1. The molecule has 0 radical (unpaired) electrons. The highest BCUT2D eigenvalue weighted by atomic mass is 16.2. The molecule has 0 aliphatic heterocycles. The minimum atomic E-state index is -0.181. The zero-order chi connectivity index (χ0) is 15.2. The molecule has 0 aliphatic carbocycles. The van der Waals surface area contributed by atoms with Gasteiger partial charge in [0.1, 0.15) is 6.54 Å². The summed E-state index contributed by atoms with van der Waals surface area (Å²) in [5.74, 6) is -0.181. The number of anilines is 1. The van der Waals surface area contributed by atoms with Crippen LogP contribution in [0.3, 0.4) is 0 Å². The summed E-state index contributed by atoms with van der Waals surface area (Å²) in [4.78, 5) is 25.4. The van der Waals surface area contributed by atoms with Gasteiger partial charge >= 0.3 is 0 Å². The van der Waals surface area contributed by atoms with E-state index >= 15 is 0 Å². The summed E-state index contributed by atoms with van der Waals surface area (Å²) in [5, 5.41) is 2.81. The van der Waals surface area contributed by atoms with E-state index in [1.165, 1.54) is 10.6 Å². The smallest absolute Gasteiger partial charge is 0.250 e. The largest absolute Gasteiger partial charge is 0.378 e. The average Bonchev–Trinajstić information content (AvgIpc) is 2.48. The number of nitrogens with one attached hydrogen (secondary N) is 1. The lowest BCUT2D eigenvalue weighted by Gasteiger charge is -2.13. The van der Waals surface area contributed by atoms with Crippen molar-refractivity contribution >= 4 is 11.6 Å². The van der Waals surface area contributed by atoms with Crippen molar-refractivity contribution < 1.29 is 4.79 Å². The van der Waals surface area contributed by atoms with Gasteiger partial charge in [-0.25, -0.2) is 0 Å². The minimum Gasteiger partial charge on any atom is -0.378 e. The molecular weight excluding hydrogens is 266 g/mol. The molecule has 0 unspecified atom stereocenters. The fourth-order valence-electron chi connectivity index (χ4n) is 1.91.